The van der Waals surface area contributed by atoms with Crippen LogP contribution in [0.2, 0.25) is 0 Å². The second-order valence-corrected chi connectivity index (χ2v) is 5.32. The van der Waals surface area contributed by atoms with E-state index < -0.39 is 16.4 Å². The van der Waals surface area contributed by atoms with Crippen LogP contribution in [0.25, 0.3) is 16.1 Å². The first kappa shape index (κ1) is 17.1. The number of aryl methyl sites for hydroxylation is 1. The van der Waals surface area contributed by atoms with Crippen LogP contribution in [0.5, 0.6) is 11.6 Å². The van der Waals surface area contributed by atoms with Crippen molar-refractivity contribution in [2.24, 2.45) is 0 Å². The van der Waals surface area contributed by atoms with Crippen molar-refractivity contribution in [3.63, 3.8) is 0 Å². The van der Waals surface area contributed by atoms with Gasteiger partial charge in [0.2, 0.25) is 11.6 Å². The topological polar surface area (TPSA) is 74.6 Å². The Balaban J connectivity index is 2.01. The van der Waals surface area contributed by atoms with E-state index in [2.05, 4.69) is 9.94 Å². The maximum Gasteiger partial charge on any atom is 0.314 e. The lowest BCUT2D eigenvalue weighted by atomic mass is 10.1. The van der Waals surface area contributed by atoms with Crippen molar-refractivity contribution in [1.82, 2.24) is 9.78 Å². The standard InChI is InChI=1S/C18H13FN4O3/c1-3-22-18(26-17-8-7-13(19)10-16(17)23(24)25)11-15(21-22)12-5-4-6-14(9-12)20-2/h4-11H,3H2,1H3. The van der Waals surface area contributed by atoms with E-state index in [-0.39, 0.29) is 11.6 Å². The van der Waals surface area contributed by atoms with Gasteiger partial charge in [-0.25, -0.2) is 13.9 Å². The van der Waals surface area contributed by atoms with Crippen molar-refractivity contribution < 1.29 is 14.1 Å². The van der Waals surface area contributed by atoms with Crippen LogP contribution in [0.4, 0.5) is 15.8 Å². The van der Waals surface area contributed by atoms with Gasteiger partial charge in [-0.15, -0.1) is 0 Å². The minimum Gasteiger partial charge on any atom is -0.432 e. The molecular formula is C18H13FN4O3. The second kappa shape index (κ2) is 7.03. The highest BCUT2D eigenvalue weighted by Crippen LogP contribution is 2.34. The van der Waals surface area contributed by atoms with E-state index in [0.29, 0.717) is 17.9 Å². The predicted molar refractivity (Wildman–Crippen MR) is 92.7 cm³/mol. The summed E-state index contributed by atoms with van der Waals surface area (Å²) in [7, 11) is 0. The number of benzene rings is 2. The van der Waals surface area contributed by atoms with Gasteiger partial charge in [-0.3, -0.25) is 10.1 Å². The molecule has 0 unspecified atom stereocenters. The monoisotopic (exact) mass is 352 g/mol. The van der Waals surface area contributed by atoms with Crippen LogP contribution in [-0.4, -0.2) is 14.7 Å². The molecule has 2 aromatic carbocycles. The van der Waals surface area contributed by atoms with Crippen LogP contribution in [0.1, 0.15) is 6.92 Å². The molecule has 1 aromatic heterocycles. The third kappa shape index (κ3) is 3.37. The molecule has 0 radical (unpaired) electrons. The van der Waals surface area contributed by atoms with Crippen molar-refractivity contribution in [1.29, 1.82) is 0 Å². The van der Waals surface area contributed by atoms with Gasteiger partial charge in [0.15, 0.2) is 5.69 Å². The number of nitro benzene ring substituents is 1. The first-order valence-electron chi connectivity index (χ1n) is 7.69. The van der Waals surface area contributed by atoms with Crippen molar-refractivity contribution >= 4 is 11.4 Å². The molecule has 0 aliphatic heterocycles. The van der Waals surface area contributed by atoms with Crippen LogP contribution in [-0.2, 0) is 6.54 Å². The molecule has 0 fully saturated rings. The van der Waals surface area contributed by atoms with Gasteiger partial charge in [0.05, 0.1) is 23.3 Å². The van der Waals surface area contributed by atoms with Crippen LogP contribution in [0, 0.1) is 22.5 Å². The number of aromatic nitrogens is 2. The van der Waals surface area contributed by atoms with Gasteiger partial charge < -0.3 is 4.74 Å². The lowest BCUT2D eigenvalue weighted by Crippen LogP contribution is -2.01. The van der Waals surface area contributed by atoms with Crippen LogP contribution in [0.15, 0.2) is 48.5 Å². The molecule has 0 saturated heterocycles. The summed E-state index contributed by atoms with van der Waals surface area (Å²) < 4.78 is 20.5. The molecule has 1 heterocycles. The summed E-state index contributed by atoms with van der Waals surface area (Å²) >= 11 is 0. The lowest BCUT2D eigenvalue weighted by Gasteiger charge is -2.07. The smallest absolute Gasteiger partial charge is 0.314 e. The van der Waals surface area contributed by atoms with Crippen molar-refractivity contribution in [2.75, 3.05) is 0 Å². The number of hydrogen-bond donors (Lipinski definition) is 0. The van der Waals surface area contributed by atoms with E-state index in [0.717, 1.165) is 17.7 Å². The van der Waals surface area contributed by atoms with Crippen molar-refractivity contribution in [3.05, 3.63) is 75.9 Å². The Morgan fingerprint density at radius 1 is 1.31 bits per heavy atom. The van der Waals surface area contributed by atoms with E-state index in [1.807, 2.05) is 6.92 Å². The van der Waals surface area contributed by atoms with E-state index >= 15 is 0 Å². The average Bonchev–Trinajstić information content (AvgIpc) is 3.06. The molecule has 7 nitrogen and oxygen atoms in total. The molecule has 3 aromatic rings. The molecule has 0 atom stereocenters. The Morgan fingerprint density at radius 3 is 2.81 bits per heavy atom. The Hall–Kier alpha value is -3.73. The van der Waals surface area contributed by atoms with Gasteiger partial charge in [-0.2, -0.15) is 5.10 Å². The number of rotatable bonds is 5. The van der Waals surface area contributed by atoms with Gasteiger partial charge in [-0.05, 0) is 30.7 Å². The molecule has 0 bridgehead atoms. The quantitative estimate of drug-likeness (QED) is 0.369. The summed E-state index contributed by atoms with van der Waals surface area (Å²) in [4.78, 5) is 13.8. The fourth-order valence-electron chi connectivity index (χ4n) is 2.42. The molecule has 0 spiro atoms. The Morgan fingerprint density at radius 2 is 2.12 bits per heavy atom. The number of nitrogens with zero attached hydrogens (tertiary/aromatic N) is 4. The first-order valence-corrected chi connectivity index (χ1v) is 7.69. The van der Waals surface area contributed by atoms with Crippen LogP contribution in [0.3, 0.4) is 0 Å². The van der Waals surface area contributed by atoms with E-state index in [9.17, 15) is 14.5 Å². The fraction of sp³-hybridized carbons (Fsp3) is 0.111. The summed E-state index contributed by atoms with van der Waals surface area (Å²) in [6.45, 7) is 9.41. The minimum atomic E-state index is -0.718. The van der Waals surface area contributed by atoms with Crippen LogP contribution < -0.4 is 4.74 Å². The molecule has 0 saturated carbocycles. The third-order valence-electron chi connectivity index (χ3n) is 3.65. The molecular weight excluding hydrogens is 339 g/mol. The largest absolute Gasteiger partial charge is 0.432 e. The summed E-state index contributed by atoms with van der Waals surface area (Å²) in [6.07, 6.45) is 0. The second-order valence-electron chi connectivity index (χ2n) is 5.32. The maximum atomic E-state index is 13.3. The molecule has 8 heteroatoms. The van der Waals surface area contributed by atoms with Gasteiger partial charge in [0, 0.05) is 12.6 Å². The van der Waals surface area contributed by atoms with E-state index in [1.165, 1.54) is 10.7 Å². The summed E-state index contributed by atoms with van der Waals surface area (Å²) in [5.41, 5.74) is 1.30. The van der Waals surface area contributed by atoms with Gasteiger partial charge in [0.1, 0.15) is 5.82 Å². The highest BCUT2D eigenvalue weighted by Gasteiger charge is 2.19. The predicted octanol–water partition coefficient (Wildman–Crippen LogP) is 4.96. The van der Waals surface area contributed by atoms with Crippen molar-refractivity contribution in [3.8, 4) is 22.9 Å². The maximum absolute atomic E-state index is 13.3. The first-order chi connectivity index (χ1) is 12.5. The zero-order valence-electron chi connectivity index (χ0n) is 13.7. The van der Waals surface area contributed by atoms with Crippen molar-refractivity contribution in [2.45, 2.75) is 13.5 Å². The molecule has 130 valence electrons. The number of nitro groups is 1. The zero-order chi connectivity index (χ0) is 18.7. The van der Waals surface area contributed by atoms with Gasteiger partial charge in [-0.1, -0.05) is 18.2 Å². The number of halogens is 1. The van der Waals surface area contributed by atoms with E-state index in [1.54, 1.807) is 30.3 Å². The minimum absolute atomic E-state index is 0.0764. The Bertz CT molecular complexity index is 1020. The normalized spacial score (nSPS) is 10.3. The SMILES string of the molecule is [C-]#[N+]c1cccc(-c2cc(Oc3ccc(F)cc3[N+](=O)[O-])n(CC)n2)c1. The lowest BCUT2D eigenvalue weighted by molar-refractivity contribution is -0.385. The Kier molecular flexibility index (Phi) is 4.62. The summed E-state index contributed by atoms with van der Waals surface area (Å²) in [5.74, 6) is -0.512. The number of hydrogen-bond acceptors (Lipinski definition) is 4. The highest BCUT2D eigenvalue weighted by molar-refractivity contribution is 5.66. The summed E-state index contributed by atoms with van der Waals surface area (Å²) in [6, 6.07) is 11.7. The molecule has 26 heavy (non-hydrogen) atoms. The summed E-state index contributed by atoms with van der Waals surface area (Å²) in [5, 5.41) is 15.5. The number of ether oxygens (including phenoxy) is 1. The third-order valence-corrected chi connectivity index (χ3v) is 3.65. The van der Waals surface area contributed by atoms with Gasteiger partial charge in [0.25, 0.3) is 0 Å². The zero-order valence-corrected chi connectivity index (χ0v) is 13.7. The Labute approximate surface area is 148 Å². The van der Waals surface area contributed by atoms with E-state index in [4.69, 9.17) is 11.3 Å². The highest BCUT2D eigenvalue weighted by atomic mass is 19.1. The molecule has 0 aliphatic rings. The molecule has 0 aliphatic carbocycles. The molecule has 0 amide bonds. The molecule has 3 rings (SSSR count). The van der Waals surface area contributed by atoms with Gasteiger partial charge >= 0.3 is 5.69 Å². The molecule has 0 N–H and O–H groups in total. The van der Waals surface area contributed by atoms with Crippen LogP contribution >= 0.6 is 0 Å². The average molecular weight is 352 g/mol. The fourth-order valence-corrected chi connectivity index (χ4v) is 2.42.